The summed E-state index contributed by atoms with van der Waals surface area (Å²) in [5.41, 5.74) is 0. The second kappa shape index (κ2) is 9.53. The van der Waals surface area contributed by atoms with Gasteiger partial charge in [0, 0.05) is 6.42 Å². The van der Waals surface area contributed by atoms with E-state index in [1.165, 1.54) is 11.8 Å². The molecule has 0 aliphatic carbocycles. The van der Waals surface area contributed by atoms with Crippen LogP contribution in [0.3, 0.4) is 0 Å². The maximum atomic E-state index is 12.0. The second-order valence-electron chi connectivity index (χ2n) is 3.97. The minimum atomic E-state index is -4.11. The van der Waals surface area contributed by atoms with Gasteiger partial charge in [-0.3, -0.25) is 4.79 Å². The molecule has 0 aliphatic heterocycles. The number of hydrogen-bond acceptors (Lipinski definition) is 3. The first-order chi connectivity index (χ1) is 8.40. The van der Waals surface area contributed by atoms with E-state index >= 15 is 0 Å². The van der Waals surface area contributed by atoms with Crippen LogP contribution < -0.4 is 0 Å². The maximum Gasteiger partial charge on any atom is 0.389 e. The number of unbranched alkanes of at least 4 members (excludes halogenated alkanes) is 1. The number of alkyl halides is 3. The van der Waals surface area contributed by atoms with Gasteiger partial charge < -0.3 is 4.74 Å². The van der Waals surface area contributed by atoms with Crippen molar-refractivity contribution in [3.63, 3.8) is 0 Å². The van der Waals surface area contributed by atoms with Gasteiger partial charge in [0.1, 0.15) is 5.25 Å². The molecule has 0 spiro atoms. The Bertz CT molecular complexity index is 232. The summed E-state index contributed by atoms with van der Waals surface area (Å²) >= 11 is 1.28. The molecule has 6 heteroatoms. The van der Waals surface area contributed by atoms with Crippen LogP contribution in [-0.2, 0) is 9.53 Å². The fraction of sp³-hybridized carbons (Fsp3) is 0.917. The Labute approximate surface area is 111 Å². The van der Waals surface area contributed by atoms with Crippen molar-refractivity contribution in [2.24, 2.45) is 0 Å². The van der Waals surface area contributed by atoms with E-state index in [0.29, 0.717) is 18.8 Å². The number of halogens is 3. The van der Waals surface area contributed by atoms with Gasteiger partial charge in [-0.05, 0) is 25.5 Å². The van der Waals surface area contributed by atoms with Gasteiger partial charge in [-0.15, -0.1) is 11.8 Å². The predicted molar refractivity (Wildman–Crippen MR) is 67.7 cm³/mol. The molecular weight excluding hydrogens is 265 g/mol. The Kier molecular flexibility index (Phi) is 9.32. The average molecular weight is 286 g/mol. The lowest BCUT2D eigenvalue weighted by Gasteiger charge is -2.15. The standard InChI is InChI=1S/C12H21F3O2S/c1-3-5-7-10(11(16)17-4-2)18-9-6-8-12(13,14)15/h10H,3-9H2,1-2H3. The fourth-order valence-electron chi connectivity index (χ4n) is 1.39. The number of thioether (sulfide) groups is 1. The quantitative estimate of drug-likeness (QED) is 0.470. The van der Waals surface area contributed by atoms with Crippen molar-refractivity contribution in [2.45, 2.75) is 57.4 Å². The molecule has 0 radical (unpaired) electrons. The minimum absolute atomic E-state index is 0.0518. The molecule has 0 amide bonds. The van der Waals surface area contributed by atoms with Gasteiger partial charge >= 0.3 is 12.1 Å². The van der Waals surface area contributed by atoms with Gasteiger partial charge in [-0.2, -0.15) is 13.2 Å². The summed E-state index contributed by atoms with van der Waals surface area (Å²) in [7, 11) is 0. The van der Waals surface area contributed by atoms with E-state index in [-0.39, 0.29) is 17.6 Å². The maximum absolute atomic E-state index is 12.0. The highest BCUT2D eigenvalue weighted by Gasteiger charge is 2.27. The summed E-state index contributed by atoms with van der Waals surface area (Å²) in [6.45, 7) is 4.05. The van der Waals surface area contributed by atoms with Crippen molar-refractivity contribution < 1.29 is 22.7 Å². The monoisotopic (exact) mass is 286 g/mol. The van der Waals surface area contributed by atoms with E-state index < -0.39 is 12.6 Å². The third-order valence-electron chi connectivity index (χ3n) is 2.29. The molecule has 0 aromatic rings. The number of esters is 1. The number of carbonyl (C=O) groups excluding carboxylic acids is 1. The van der Waals surface area contributed by atoms with Crippen LogP contribution in [0.15, 0.2) is 0 Å². The van der Waals surface area contributed by atoms with Gasteiger partial charge in [0.15, 0.2) is 0 Å². The Balaban J connectivity index is 3.96. The molecule has 0 N–H and O–H groups in total. The molecule has 0 heterocycles. The summed E-state index contributed by atoms with van der Waals surface area (Å²) in [6, 6.07) is 0. The van der Waals surface area contributed by atoms with Crippen LogP contribution in [0.4, 0.5) is 13.2 Å². The lowest BCUT2D eigenvalue weighted by molar-refractivity contribution is -0.142. The Hall–Kier alpha value is -0.390. The van der Waals surface area contributed by atoms with Gasteiger partial charge in [0.05, 0.1) is 6.61 Å². The number of rotatable bonds is 9. The van der Waals surface area contributed by atoms with Crippen molar-refractivity contribution in [1.82, 2.24) is 0 Å². The number of hydrogen-bond donors (Lipinski definition) is 0. The molecule has 0 saturated heterocycles. The van der Waals surface area contributed by atoms with Crippen molar-refractivity contribution in [3.8, 4) is 0 Å². The summed E-state index contributed by atoms with van der Waals surface area (Å²) < 4.78 is 40.8. The van der Waals surface area contributed by atoms with E-state index in [0.717, 1.165) is 12.8 Å². The summed E-state index contributed by atoms with van der Waals surface area (Å²) in [5, 5.41) is -0.321. The molecular formula is C12H21F3O2S. The van der Waals surface area contributed by atoms with E-state index in [9.17, 15) is 18.0 Å². The van der Waals surface area contributed by atoms with Crippen molar-refractivity contribution in [2.75, 3.05) is 12.4 Å². The SMILES string of the molecule is CCCCC(SCCCC(F)(F)F)C(=O)OCC. The normalized spacial score (nSPS) is 13.4. The highest BCUT2D eigenvalue weighted by Crippen LogP contribution is 2.25. The molecule has 18 heavy (non-hydrogen) atoms. The van der Waals surface area contributed by atoms with Gasteiger partial charge in [0.2, 0.25) is 0 Å². The van der Waals surface area contributed by atoms with Crippen LogP contribution in [0.5, 0.6) is 0 Å². The third-order valence-corrected chi connectivity index (χ3v) is 3.65. The first-order valence-electron chi connectivity index (χ1n) is 6.25. The first kappa shape index (κ1) is 17.6. The smallest absolute Gasteiger partial charge is 0.389 e. The van der Waals surface area contributed by atoms with Crippen LogP contribution in [-0.4, -0.2) is 29.8 Å². The lowest BCUT2D eigenvalue weighted by Crippen LogP contribution is -2.21. The van der Waals surface area contributed by atoms with Crippen molar-refractivity contribution in [3.05, 3.63) is 0 Å². The zero-order valence-corrected chi connectivity index (χ0v) is 11.7. The van der Waals surface area contributed by atoms with Gasteiger partial charge in [-0.1, -0.05) is 19.8 Å². The third kappa shape index (κ3) is 9.62. The lowest BCUT2D eigenvalue weighted by atomic mass is 10.2. The minimum Gasteiger partial charge on any atom is -0.465 e. The highest BCUT2D eigenvalue weighted by atomic mass is 32.2. The van der Waals surface area contributed by atoms with E-state index in [1.807, 2.05) is 6.92 Å². The van der Waals surface area contributed by atoms with Crippen LogP contribution in [0.1, 0.15) is 46.0 Å². The molecule has 0 aromatic heterocycles. The topological polar surface area (TPSA) is 26.3 Å². The van der Waals surface area contributed by atoms with Crippen LogP contribution >= 0.6 is 11.8 Å². The molecule has 0 rings (SSSR count). The average Bonchev–Trinajstić information content (AvgIpc) is 2.27. The summed E-state index contributed by atoms with van der Waals surface area (Å²) in [6.07, 6.45) is -2.33. The fourth-order valence-corrected chi connectivity index (χ4v) is 2.53. The zero-order valence-electron chi connectivity index (χ0n) is 10.9. The number of ether oxygens (including phenoxy) is 1. The molecule has 1 atom stereocenters. The van der Waals surface area contributed by atoms with Gasteiger partial charge in [0.25, 0.3) is 0 Å². The molecule has 0 aromatic carbocycles. The van der Waals surface area contributed by atoms with E-state index in [1.54, 1.807) is 6.92 Å². The second-order valence-corrected chi connectivity index (χ2v) is 5.28. The number of carbonyl (C=O) groups is 1. The summed E-state index contributed by atoms with van der Waals surface area (Å²) in [4.78, 5) is 11.6. The van der Waals surface area contributed by atoms with Crippen LogP contribution in [0.25, 0.3) is 0 Å². The van der Waals surface area contributed by atoms with Crippen molar-refractivity contribution in [1.29, 1.82) is 0 Å². The molecule has 1 unspecified atom stereocenters. The molecule has 108 valence electrons. The Morgan fingerprint density at radius 3 is 2.44 bits per heavy atom. The largest absolute Gasteiger partial charge is 0.465 e. The highest BCUT2D eigenvalue weighted by molar-refractivity contribution is 8.00. The van der Waals surface area contributed by atoms with Crippen LogP contribution in [0, 0.1) is 0 Å². The summed E-state index contributed by atoms with van der Waals surface area (Å²) in [5.74, 6) is 0.0372. The molecule has 0 bridgehead atoms. The van der Waals surface area contributed by atoms with Crippen LogP contribution in [0.2, 0.25) is 0 Å². The van der Waals surface area contributed by atoms with Crippen molar-refractivity contribution >= 4 is 17.7 Å². The molecule has 0 aliphatic rings. The van der Waals surface area contributed by atoms with E-state index in [4.69, 9.17) is 4.74 Å². The van der Waals surface area contributed by atoms with Gasteiger partial charge in [-0.25, -0.2) is 0 Å². The molecule has 2 nitrogen and oxygen atoms in total. The Morgan fingerprint density at radius 1 is 1.28 bits per heavy atom. The van der Waals surface area contributed by atoms with E-state index in [2.05, 4.69) is 0 Å². The predicted octanol–water partition coefficient (Wildman–Crippen LogP) is 4.18. The Morgan fingerprint density at radius 2 is 1.94 bits per heavy atom. The molecule has 0 fully saturated rings. The molecule has 0 saturated carbocycles. The zero-order chi connectivity index (χ0) is 14.0. The first-order valence-corrected chi connectivity index (χ1v) is 7.30.